The summed E-state index contributed by atoms with van der Waals surface area (Å²) < 4.78 is 10.2. The van der Waals surface area contributed by atoms with Crippen molar-refractivity contribution in [3.8, 4) is 5.75 Å². The minimum atomic E-state index is -0.159. The van der Waals surface area contributed by atoms with E-state index in [1.165, 1.54) is 13.2 Å². The molecule has 0 spiro atoms. The number of benzene rings is 1. The van der Waals surface area contributed by atoms with E-state index in [0.717, 1.165) is 0 Å². The highest BCUT2D eigenvalue weighted by atomic mass is 35.5. The number of halogens is 1. The molecule has 0 unspecified atom stereocenters. The SMILES string of the molecule is COCCNC(=O)CN1CCN(C(=O)c2cc(Cl)c(N)cc2OC)CC1. The van der Waals surface area contributed by atoms with Crippen LogP contribution in [0.5, 0.6) is 5.75 Å². The summed E-state index contributed by atoms with van der Waals surface area (Å²) >= 11 is 6.05. The van der Waals surface area contributed by atoms with Crippen LogP contribution in [0.25, 0.3) is 0 Å². The minimum absolute atomic E-state index is 0.0474. The second-order valence-corrected chi connectivity index (χ2v) is 6.39. The number of hydrogen-bond donors (Lipinski definition) is 2. The van der Waals surface area contributed by atoms with Gasteiger partial charge in [-0.25, -0.2) is 0 Å². The molecule has 0 atom stereocenters. The Morgan fingerprint density at radius 3 is 2.54 bits per heavy atom. The van der Waals surface area contributed by atoms with E-state index in [9.17, 15) is 9.59 Å². The summed E-state index contributed by atoms with van der Waals surface area (Å²) in [6.45, 7) is 3.57. The van der Waals surface area contributed by atoms with E-state index in [2.05, 4.69) is 5.32 Å². The van der Waals surface area contributed by atoms with Crippen molar-refractivity contribution in [1.82, 2.24) is 15.1 Å². The number of amides is 2. The van der Waals surface area contributed by atoms with E-state index in [0.29, 0.717) is 67.9 Å². The molecule has 26 heavy (non-hydrogen) atoms. The molecular formula is C17H25ClN4O4. The van der Waals surface area contributed by atoms with Gasteiger partial charge in [0.15, 0.2) is 0 Å². The maximum Gasteiger partial charge on any atom is 0.257 e. The van der Waals surface area contributed by atoms with E-state index in [4.69, 9.17) is 26.8 Å². The van der Waals surface area contributed by atoms with Crippen LogP contribution in [0.2, 0.25) is 5.02 Å². The zero-order chi connectivity index (χ0) is 19.1. The fraction of sp³-hybridized carbons (Fsp3) is 0.529. The molecule has 1 fully saturated rings. The normalized spacial score (nSPS) is 15.0. The number of carbonyl (C=O) groups is 2. The number of carbonyl (C=O) groups excluding carboxylic acids is 2. The summed E-state index contributed by atoms with van der Waals surface area (Å²) in [5.41, 5.74) is 6.51. The Kier molecular flexibility index (Phi) is 7.50. The highest BCUT2D eigenvalue weighted by Crippen LogP contribution is 2.29. The molecule has 3 N–H and O–H groups in total. The Labute approximate surface area is 158 Å². The molecular weight excluding hydrogens is 360 g/mol. The first-order valence-electron chi connectivity index (χ1n) is 8.36. The van der Waals surface area contributed by atoms with E-state index in [-0.39, 0.29) is 11.8 Å². The van der Waals surface area contributed by atoms with Gasteiger partial charge in [-0.15, -0.1) is 0 Å². The number of nitrogen functional groups attached to an aromatic ring is 1. The molecule has 2 amide bonds. The maximum absolute atomic E-state index is 12.8. The number of methoxy groups -OCH3 is 2. The van der Waals surface area contributed by atoms with Crippen LogP contribution in [-0.4, -0.2) is 81.7 Å². The van der Waals surface area contributed by atoms with Crippen molar-refractivity contribution >= 4 is 29.1 Å². The average molecular weight is 385 g/mol. The second-order valence-electron chi connectivity index (χ2n) is 5.99. The zero-order valence-corrected chi connectivity index (χ0v) is 15.8. The smallest absolute Gasteiger partial charge is 0.257 e. The van der Waals surface area contributed by atoms with E-state index < -0.39 is 0 Å². The van der Waals surface area contributed by atoms with Crippen LogP contribution in [-0.2, 0) is 9.53 Å². The monoisotopic (exact) mass is 384 g/mol. The molecule has 1 aromatic carbocycles. The molecule has 2 rings (SSSR count). The molecule has 1 heterocycles. The first-order chi connectivity index (χ1) is 12.5. The highest BCUT2D eigenvalue weighted by molar-refractivity contribution is 6.33. The molecule has 0 aromatic heterocycles. The van der Waals surface area contributed by atoms with Gasteiger partial charge in [-0.05, 0) is 6.07 Å². The van der Waals surface area contributed by atoms with Crippen LogP contribution in [0.4, 0.5) is 5.69 Å². The molecule has 144 valence electrons. The molecule has 1 aliphatic rings. The molecule has 0 saturated carbocycles. The lowest BCUT2D eigenvalue weighted by molar-refractivity contribution is -0.122. The largest absolute Gasteiger partial charge is 0.496 e. The number of hydrogen-bond acceptors (Lipinski definition) is 6. The van der Waals surface area contributed by atoms with Crippen LogP contribution in [0, 0.1) is 0 Å². The fourth-order valence-corrected chi connectivity index (χ4v) is 2.90. The van der Waals surface area contributed by atoms with Crippen LogP contribution >= 0.6 is 11.6 Å². The van der Waals surface area contributed by atoms with Gasteiger partial charge >= 0.3 is 0 Å². The van der Waals surface area contributed by atoms with Crippen molar-refractivity contribution in [2.75, 3.05) is 65.8 Å². The molecule has 0 bridgehead atoms. The van der Waals surface area contributed by atoms with Crippen molar-refractivity contribution in [2.24, 2.45) is 0 Å². The summed E-state index contributed by atoms with van der Waals surface area (Å²) in [5.74, 6) is 0.193. The molecule has 0 radical (unpaired) electrons. The topological polar surface area (TPSA) is 97.1 Å². The molecule has 1 saturated heterocycles. The van der Waals surface area contributed by atoms with Crippen LogP contribution < -0.4 is 15.8 Å². The number of rotatable bonds is 7. The van der Waals surface area contributed by atoms with Crippen molar-refractivity contribution in [3.63, 3.8) is 0 Å². The molecule has 8 nitrogen and oxygen atoms in total. The summed E-state index contributed by atoms with van der Waals surface area (Å²) in [5, 5.41) is 3.11. The Morgan fingerprint density at radius 2 is 1.92 bits per heavy atom. The predicted molar refractivity (Wildman–Crippen MR) is 99.6 cm³/mol. The van der Waals surface area contributed by atoms with Gasteiger partial charge in [-0.1, -0.05) is 11.6 Å². The minimum Gasteiger partial charge on any atom is -0.496 e. The van der Waals surface area contributed by atoms with E-state index >= 15 is 0 Å². The second kappa shape index (κ2) is 9.61. The van der Waals surface area contributed by atoms with Crippen molar-refractivity contribution in [3.05, 3.63) is 22.7 Å². The third-order valence-corrected chi connectivity index (χ3v) is 4.53. The Morgan fingerprint density at radius 1 is 1.23 bits per heavy atom. The molecule has 1 aromatic rings. The number of anilines is 1. The van der Waals surface area contributed by atoms with Gasteiger partial charge in [0.25, 0.3) is 5.91 Å². The highest BCUT2D eigenvalue weighted by Gasteiger charge is 2.25. The number of piperazine rings is 1. The van der Waals surface area contributed by atoms with Gasteiger partial charge in [0.1, 0.15) is 5.75 Å². The summed E-state index contributed by atoms with van der Waals surface area (Å²) in [4.78, 5) is 28.4. The van der Waals surface area contributed by atoms with Gasteiger partial charge in [-0.2, -0.15) is 0 Å². The summed E-state index contributed by atoms with van der Waals surface area (Å²) in [7, 11) is 3.07. The van der Waals surface area contributed by atoms with Gasteiger partial charge in [0.05, 0.1) is 36.5 Å². The maximum atomic E-state index is 12.8. The summed E-state index contributed by atoms with van der Waals surface area (Å²) in [6.07, 6.45) is 0. The number of nitrogens with zero attached hydrogens (tertiary/aromatic N) is 2. The Balaban J connectivity index is 1.90. The van der Waals surface area contributed by atoms with Crippen LogP contribution in [0.1, 0.15) is 10.4 Å². The third-order valence-electron chi connectivity index (χ3n) is 4.20. The lowest BCUT2D eigenvalue weighted by Gasteiger charge is -2.34. The average Bonchev–Trinajstić information content (AvgIpc) is 2.64. The number of nitrogens with two attached hydrogens (primary N) is 1. The van der Waals surface area contributed by atoms with Crippen LogP contribution in [0.3, 0.4) is 0 Å². The van der Waals surface area contributed by atoms with Crippen molar-refractivity contribution in [1.29, 1.82) is 0 Å². The standard InChI is InChI=1S/C17H25ClN4O4/c1-25-8-3-20-16(23)11-21-4-6-22(7-5-21)17(24)12-9-13(18)14(19)10-15(12)26-2/h9-10H,3-8,11,19H2,1-2H3,(H,20,23). The number of nitrogens with one attached hydrogen (secondary N) is 1. The quantitative estimate of drug-likeness (QED) is 0.523. The van der Waals surface area contributed by atoms with Gasteiger partial charge in [-0.3, -0.25) is 14.5 Å². The van der Waals surface area contributed by atoms with Crippen molar-refractivity contribution in [2.45, 2.75) is 0 Å². The van der Waals surface area contributed by atoms with Gasteiger partial charge in [0.2, 0.25) is 5.91 Å². The lowest BCUT2D eigenvalue weighted by atomic mass is 10.1. The Bertz CT molecular complexity index is 648. The van der Waals surface area contributed by atoms with E-state index in [1.54, 1.807) is 18.1 Å². The van der Waals surface area contributed by atoms with E-state index in [1.807, 2.05) is 4.90 Å². The van der Waals surface area contributed by atoms with Crippen molar-refractivity contribution < 1.29 is 19.1 Å². The third kappa shape index (κ3) is 5.23. The van der Waals surface area contributed by atoms with Gasteiger partial charge in [0, 0.05) is 45.9 Å². The first kappa shape index (κ1) is 20.3. The predicted octanol–water partition coefficient (Wildman–Crippen LogP) is 0.451. The fourth-order valence-electron chi connectivity index (χ4n) is 2.74. The van der Waals surface area contributed by atoms with Gasteiger partial charge < -0.3 is 25.4 Å². The molecule has 1 aliphatic heterocycles. The number of ether oxygens (including phenoxy) is 2. The van der Waals surface area contributed by atoms with Crippen LogP contribution in [0.15, 0.2) is 12.1 Å². The Hall–Kier alpha value is -2.03. The summed E-state index contributed by atoms with van der Waals surface area (Å²) in [6, 6.07) is 3.09. The lowest BCUT2D eigenvalue weighted by Crippen LogP contribution is -2.51. The first-order valence-corrected chi connectivity index (χ1v) is 8.74. The molecule has 9 heteroatoms. The zero-order valence-electron chi connectivity index (χ0n) is 15.1. The molecule has 0 aliphatic carbocycles.